The summed E-state index contributed by atoms with van der Waals surface area (Å²) < 4.78 is 14.8. The Bertz CT molecular complexity index is 525. The first-order valence-corrected chi connectivity index (χ1v) is 4.96. The molecule has 2 heterocycles. The summed E-state index contributed by atoms with van der Waals surface area (Å²) in [6, 6.07) is 0. The Hall–Kier alpha value is -1.58. The summed E-state index contributed by atoms with van der Waals surface area (Å²) >= 11 is 0. The highest BCUT2D eigenvalue weighted by molar-refractivity contribution is 5.50. The van der Waals surface area contributed by atoms with Crippen molar-refractivity contribution >= 4 is 5.52 Å². The van der Waals surface area contributed by atoms with Gasteiger partial charge in [-0.3, -0.25) is 4.79 Å². The number of halogens is 1. The second kappa shape index (κ2) is 4.29. The van der Waals surface area contributed by atoms with E-state index in [4.69, 9.17) is 0 Å². The number of nitrogens with one attached hydrogen (secondary N) is 1. The third-order valence-corrected chi connectivity index (χ3v) is 2.00. The summed E-state index contributed by atoms with van der Waals surface area (Å²) in [6.07, 6.45) is 3.29. The van der Waals surface area contributed by atoms with E-state index in [0.29, 0.717) is 11.3 Å². The van der Waals surface area contributed by atoms with Gasteiger partial charge in [0.15, 0.2) is 5.82 Å². The van der Waals surface area contributed by atoms with Crippen LogP contribution in [0, 0.1) is 19.7 Å². The van der Waals surface area contributed by atoms with Crippen LogP contribution in [0.2, 0.25) is 0 Å². The quantitative estimate of drug-likeness (QED) is 0.712. The number of H-pyrrole nitrogens is 1. The zero-order chi connectivity index (χ0) is 11.6. The lowest BCUT2D eigenvalue weighted by atomic mass is 10.3. The summed E-state index contributed by atoms with van der Waals surface area (Å²) in [5.74, 6) is -0.443. The highest BCUT2D eigenvalue weighted by Crippen LogP contribution is 2.11. The summed E-state index contributed by atoms with van der Waals surface area (Å²) in [5.41, 5.74) is 0.900. The molecule has 0 aliphatic heterocycles. The van der Waals surface area contributed by atoms with Crippen LogP contribution in [-0.2, 0) is 0 Å². The summed E-state index contributed by atoms with van der Waals surface area (Å²) in [7, 11) is 0. The Morgan fingerprint density at radius 2 is 1.87 bits per heavy atom. The molecule has 0 unspecified atom stereocenters. The Balaban J connectivity index is 0.000000531. The van der Waals surface area contributed by atoms with Crippen molar-refractivity contribution in [1.82, 2.24) is 9.38 Å². The summed E-state index contributed by atoms with van der Waals surface area (Å²) in [5, 5.41) is 0. The lowest BCUT2D eigenvalue weighted by Crippen LogP contribution is -2.11. The predicted molar refractivity (Wildman–Crippen MR) is 58.8 cm³/mol. The zero-order valence-corrected chi connectivity index (χ0v) is 9.39. The van der Waals surface area contributed by atoms with Gasteiger partial charge in [0.2, 0.25) is 0 Å². The van der Waals surface area contributed by atoms with Gasteiger partial charge in [0.1, 0.15) is 5.52 Å². The van der Waals surface area contributed by atoms with Gasteiger partial charge in [-0.25, -0.2) is 4.39 Å². The second-order valence-electron chi connectivity index (χ2n) is 3.15. The molecule has 0 amide bonds. The van der Waals surface area contributed by atoms with Crippen molar-refractivity contribution in [3.63, 3.8) is 0 Å². The van der Waals surface area contributed by atoms with Crippen LogP contribution in [-0.4, -0.2) is 9.38 Å². The minimum absolute atomic E-state index is 0.0862. The number of hydrogen-bond acceptors (Lipinski definition) is 1. The fourth-order valence-corrected chi connectivity index (χ4v) is 1.43. The Labute approximate surface area is 87.6 Å². The van der Waals surface area contributed by atoms with E-state index in [1.54, 1.807) is 26.2 Å². The smallest absolute Gasteiger partial charge is 0.275 e. The molecule has 0 radical (unpaired) electrons. The van der Waals surface area contributed by atoms with Crippen LogP contribution in [0.3, 0.4) is 0 Å². The first-order chi connectivity index (χ1) is 7.09. The minimum atomic E-state index is -0.443. The molecule has 82 valence electrons. The monoisotopic (exact) mass is 210 g/mol. The SMILES string of the molecule is CC.Cc1cn2cc(C)c(F)c2c(=O)[nH]1. The van der Waals surface area contributed by atoms with Gasteiger partial charge in [-0.2, -0.15) is 0 Å². The molecule has 2 aromatic rings. The Kier molecular flexibility index (Phi) is 3.29. The van der Waals surface area contributed by atoms with E-state index >= 15 is 0 Å². The van der Waals surface area contributed by atoms with Crippen LogP contribution in [0.15, 0.2) is 17.2 Å². The van der Waals surface area contributed by atoms with Crippen LogP contribution in [0.1, 0.15) is 25.1 Å². The van der Waals surface area contributed by atoms with Crippen LogP contribution < -0.4 is 5.56 Å². The maximum Gasteiger partial charge on any atom is 0.275 e. The van der Waals surface area contributed by atoms with E-state index in [0.717, 1.165) is 0 Å². The second-order valence-corrected chi connectivity index (χ2v) is 3.15. The largest absolute Gasteiger partial charge is 0.323 e. The number of aromatic nitrogens is 2. The number of rotatable bonds is 0. The molecule has 2 aromatic heterocycles. The van der Waals surface area contributed by atoms with Gasteiger partial charge in [-0.1, -0.05) is 13.8 Å². The normalized spacial score (nSPS) is 9.93. The number of aromatic amines is 1. The highest BCUT2D eigenvalue weighted by atomic mass is 19.1. The summed E-state index contributed by atoms with van der Waals surface area (Å²) in [6.45, 7) is 7.39. The first kappa shape index (κ1) is 11.5. The molecule has 1 N–H and O–H groups in total. The molecule has 0 atom stereocenters. The molecule has 0 spiro atoms. The molecule has 15 heavy (non-hydrogen) atoms. The zero-order valence-electron chi connectivity index (χ0n) is 9.39. The molecular weight excluding hydrogens is 195 g/mol. The van der Waals surface area contributed by atoms with E-state index in [1.807, 2.05) is 13.8 Å². The Morgan fingerprint density at radius 3 is 2.47 bits per heavy atom. The van der Waals surface area contributed by atoms with Crippen LogP contribution in [0.4, 0.5) is 4.39 Å². The van der Waals surface area contributed by atoms with Crippen molar-refractivity contribution in [2.75, 3.05) is 0 Å². The highest BCUT2D eigenvalue weighted by Gasteiger charge is 2.09. The first-order valence-electron chi connectivity index (χ1n) is 4.96. The molecule has 0 aliphatic rings. The van der Waals surface area contributed by atoms with Gasteiger partial charge in [0.25, 0.3) is 5.56 Å². The van der Waals surface area contributed by atoms with Crippen molar-refractivity contribution in [1.29, 1.82) is 0 Å². The van der Waals surface area contributed by atoms with E-state index in [9.17, 15) is 9.18 Å². The fourth-order valence-electron chi connectivity index (χ4n) is 1.43. The standard InChI is InChI=1S/C9H9FN2O.C2H6/c1-5-3-12-4-6(2)11-9(13)8(12)7(5)10;1-2/h3-4H,1-2H3,(H,11,13);1-2H3. The van der Waals surface area contributed by atoms with Gasteiger partial charge >= 0.3 is 0 Å². The third-order valence-electron chi connectivity index (χ3n) is 2.00. The number of aryl methyl sites for hydroxylation is 2. The van der Waals surface area contributed by atoms with Crippen LogP contribution >= 0.6 is 0 Å². The van der Waals surface area contributed by atoms with Gasteiger partial charge in [-0.05, 0) is 13.8 Å². The minimum Gasteiger partial charge on any atom is -0.323 e. The number of fused-ring (bicyclic) bond motifs is 1. The van der Waals surface area contributed by atoms with Gasteiger partial charge in [-0.15, -0.1) is 0 Å². The third kappa shape index (κ3) is 1.93. The summed E-state index contributed by atoms with van der Waals surface area (Å²) in [4.78, 5) is 13.9. The van der Waals surface area contributed by atoms with Crippen molar-refractivity contribution in [2.24, 2.45) is 0 Å². The maximum absolute atomic E-state index is 13.3. The van der Waals surface area contributed by atoms with E-state index in [1.165, 1.54) is 4.40 Å². The lowest BCUT2D eigenvalue weighted by molar-refractivity contribution is 0.631. The van der Waals surface area contributed by atoms with Crippen LogP contribution in [0.25, 0.3) is 5.52 Å². The van der Waals surface area contributed by atoms with Gasteiger partial charge in [0.05, 0.1) is 0 Å². The average Bonchev–Trinajstić information content (AvgIpc) is 2.45. The number of hydrogen-bond donors (Lipinski definition) is 1. The molecular formula is C11H15FN2O. The molecule has 0 fully saturated rings. The topological polar surface area (TPSA) is 37.3 Å². The van der Waals surface area contributed by atoms with E-state index in [2.05, 4.69) is 4.98 Å². The fraction of sp³-hybridized carbons (Fsp3) is 0.364. The van der Waals surface area contributed by atoms with Gasteiger partial charge < -0.3 is 9.38 Å². The van der Waals surface area contributed by atoms with Gasteiger partial charge in [0, 0.05) is 23.7 Å². The Morgan fingerprint density at radius 1 is 1.27 bits per heavy atom. The average molecular weight is 210 g/mol. The molecule has 3 nitrogen and oxygen atoms in total. The van der Waals surface area contributed by atoms with E-state index in [-0.39, 0.29) is 11.1 Å². The van der Waals surface area contributed by atoms with Crippen molar-refractivity contribution < 1.29 is 4.39 Å². The van der Waals surface area contributed by atoms with Crippen molar-refractivity contribution in [3.05, 3.63) is 39.8 Å². The molecule has 0 saturated carbocycles. The van der Waals surface area contributed by atoms with Crippen molar-refractivity contribution in [2.45, 2.75) is 27.7 Å². The molecule has 0 aliphatic carbocycles. The predicted octanol–water partition coefficient (Wildman–Crippen LogP) is 2.41. The van der Waals surface area contributed by atoms with E-state index < -0.39 is 5.82 Å². The lowest BCUT2D eigenvalue weighted by Gasteiger charge is -1.95. The molecule has 4 heteroatoms. The maximum atomic E-state index is 13.3. The molecule has 0 aromatic carbocycles. The molecule has 0 saturated heterocycles. The number of nitrogens with zero attached hydrogens (tertiary/aromatic N) is 1. The van der Waals surface area contributed by atoms with Crippen LogP contribution in [0.5, 0.6) is 0 Å². The molecule has 0 bridgehead atoms. The van der Waals surface area contributed by atoms with Crippen molar-refractivity contribution in [3.8, 4) is 0 Å². The molecule has 2 rings (SSSR count).